The Morgan fingerprint density at radius 3 is 1.93 bits per heavy atom. The maximum absolute atomic E-state index is 10.7. The SMILES string of the molecule is COC(=O)CC(O)(CC(=O)O)C(=O)O.O. The minimum atomic E-state index is -2.61. The van der Waals surface area contributed by atoms with E-state index in [9.17, 15) is 19.5 Å². The van der Waals surface area contributed by atoms with Gasteiger partial charge in [-0.05, 0) is 0 Å². The molecule has 0 saturated carbocycles. The van der Waals surface area contributed by atoms with E-state index < -0.39 is 36.4 Å². The number of aliphatic hydroxyl groups is 1. The van der Waals surface area contributed by atoms with E-state index >= 15 is 0 Å². The van der Waals surface area contributed by atoms with E-state index in [0.717, 1.165) is 7.11 Å². The minimum Gasteiger partial charge on any atom is -0.481 e. The van der Waals surface area contributed by atoms with Gasteiger partial charge in [0.05, 0.1) is 20.0 Å². The maximum Gasteiger partial charge on any atom is 0.336 e. The fraction of sp³-hybridized carbons (Fsp3) is 0.571. The highest BCUT2D eigenvalue weighted by Gasteiger charge is 2.41. The molecule has 0 heterocycles. The molecule has 8 heteroatoms. The van der Waals surface area contributed by atoms with E-state index in [2.05, 4.69) is 4.74 Å². The van der Waals surface area contributed by atoms with Crippen LogP contribution < -0.4 is 0 Å². The molecule has 0 rings (SSSR count). The Balaban J connectivity index is 0. The molecule has 0 aromatic rings. The fourth-order valence-electron chi connectivity index (χ4n) is 0.775. The fourth-order valence-corrected chi connectivity index (χ4v) is 0.775. The van der Waals surface area contributed by atoms with Crippen LogP contribution in [0.1, 0.15) is 12.8 Å². The van der Waals surface area contributed by atoms with Crippen molar-refractivity contribution in [3.63, 3.8) is 0 Å². The number of aliphatic carboxylic acids is 2. The van der Waals surface area contributed by atoms with Gasteiger partial charge in [0.15, 0.2) is 5.60 Å². The third-order valence-electron chi connectivity index (χ3n) is 1.51. The van der Waals surface area contributed by atoms with Gasteiger partial charge in [0.25, 0.3) is 0 Å². The topological polar surface area (TPSA) is 153 Å². The molecule has 0 aliphatic rings. The number of methoxy groups -OCH3 is 1. The monoisotopic (exact) mass is 224 g/mol. The molecule has 0 radical (unpaired) electrons. The second-order valence-corrected chi connectivity index (χ2v) is 2.66. The van der Waals surface area contributed by atoms with Crippen LogP contribution in [0.3, 0.4) is 0 Å². The summed E-state index contributed by atoms with van der Waals surface area (Å²) >= 11 is 0. The lowest BCUT2D eigenvalue weighted by molar-refractivity contribution is -0.171. The molecule has 0 aliphatic carbocycles. The molecular formula is C7H12O8. The lowest BCUT2D eigenvalue weighted by Crippen LogP contribution is -2.42. The second kappa shape index (κ2) is 5.94. The van der Waals surface area contributed by atoms with Crippen molar-refractivity contribution in [3.05, 3.63) is 0 Å². The van der Waals surface area contributed by atoms with Crippen molar-refractivity contribution >= 4 is 17.9 Å². The van der Waals surface area contributed by atoms with Crippen LogP contribution in [0.5, 0.6) is 0 Å². The molecule has 0 bridgehead atoms. The first-order valence-corrected chi connectivity index (χ1v) is 3.56. The molecular weight excluding hydrogens is 212 g/mol. The molecule has 0 aromatic heterocycles. The average Bonchev–Trinajstić information content (AvgIpc) is 2.02. The zero-order chi connectivity index (χ0) is 11.4. The Labute approximate surface area is 84.4 Å². The molecule has 88 valence electrons. The van der Waals surface area contributed by atoms with Crippen LogP contribution in [0.4, 0.5) is 0 Å². The predicted molar refractivity (Wildman–Crippen MR) is 45.1 cm³/mol. The van der Waals surface area contributed by atoms with Crippen molar-refractivity contribution in [2.24, 2.45) is 0 Å². The molecule has 1 unspecified atom stereocenters. The minimum absolute atomic E-state index is 0. The van der Waals surface area contributed by atoms with Gasteiger partial charge in [-0.2, -0.15) is 0 Å². The lowest BCUT2D eigenvalue weighted by Gasteiger charge is -2.19. The van der Waals surface area contributed by atoms with Crippen LogP contribution in [0, 0.1) is 0 Å². The van der Waals surface area contributed by atoms with Crippen molar-refractivity contribution in [3.8, 4) is 0 Å². The van der Waals surface area contributed by atoms with Crippen LogP contribution in [-0.4, -0.2) is 51.4 Å². The van der Waals surface area contributed by atoms with E-state index in [4.69, 9.17) is 10.2 Å². The van der Waals surface area contributed by atoms with E-state index in [0.29, 0.717) is 0 Å². The number of carboxylic acids is 2. The smallest absolute Gasteiger partial charge is 0.336 e. The summed E-state index contributed by atoms with van der Waals surface area (Å²) in [4.78, 5) is 31.4. The molecule has 0 fully saturated rings. The van der Waals surface area contributed by atoms with Gasteiger partial charge in [-0.25, -0.2) is 4.79 Å². The predicted octanol–water partition coefficient (Wildman–Crippen LogP) is -1.98. The van der Waals surface area contributed by atoms with Crippen LogP contribution in [0.25, 0.3) is 0 Å². The zero-order valence-corrected chi connectivity index (χ0v) is 7.89. The van der Waals surface area contributed by atoms with Gasteiger partial charge in [0.1, 0.15) is 0 Å². The second-order valence-electron chi connectivity index (χ2n) is 2.66. The molecule has 1 atom stereocenters. The number of carboxylic acid groups (broad SMARTS) is 2. The van der Waals surface area contributed by atoms with Crippen molar-refractivity contribution in [2.75, 3.05) is 7.11 Å². The van der Waals surface area contributed by atoms with Crippen molar-refractivity contribution in [2.45, 2.75) is 18.4 Å². The van der Waals surface area contributed by atoms with Gasteiger partial charge < -0.3 is 25.5 Å². The highest BCUT2D eigenvalue weighted by Crippen LogP contribution is 2.16. The van der Waals surface area contributed by atoms with Crippen LogP contribution in [0.2, 0.25) is 0 Å². The lowest BCUT2D eigenvalue weighted by atomic mass is 9.96. The number of ether oxygens (including phenoxy) is 1. The van der Waals surface area contributed by atoms with E-state index in [1.807, 2.05) is 0 Å². The Morgan fingerprint density at radius 2 is 1.67 bits per heavy atom. The zero-order valence-electron chi connectivity index (χ0n) is 7.89. The van der Waals surface area contributed by atoms with Crippen LogP contribution in [0.15, 0.2) is 0 Å². The Bertz CT molecular complexity index is 260. The number of rotatable bonds is 5. The first-order valence-electron chi connectivity index (χ1n) is 3.56. The number of hydrogen-bond donors (Lipinski definition) is 3. The number of esters is 1. The summed E-state index contributed by atoms with van der Waals surface area (Å²) in [6.45, 7) is 0. The summed E-state index contributed by atoms with van der Waals surface area (Å²) < 4.78 is 4.12. The van der Waals surface area contributed by atoms with Crippen molar-refractivity contribution < 1.29 is 39.9 Å². The Hall–Kier alpha value is -1.67. The molecule has 0 spiro atoms. The van der Waals surface area contributed by atoms with E-state index in [1.165, 1.54) is 0 Å². The Morgan fingerprint density at radius 1 is 1.20 bits per heavy atom. The van der Waals surface area contributed by atoms with Crippen LogP contribution >= 0.6 is 0 Å². The third-order valence-corrected chi connectivity index (χ3v) is 1.51. The van der Waals surface area contributed by atoms with Gasteiger partial charge in [-0.3, -0.25) is 9.59 Å². The highest BCUT2D eigenvalue weighted by molar-refractivity contribution is 5.88. The number of hydrogen-bond acceptors (Lipinski definition) is 5. The van der Waals surface area contributed by atoms with E-state index in [1.54, 1.807) is 0 Å². The molecule has 0 amide bonds. The molecule has 5 N–H and O–H groups in total. The first-order chi connectivity index (χ1) is 6.31. The summed E-state index contributed by atoms with van der Waals surface area (Å²) in [5.41, 5.74) is -2.61. The van der Waals surface area contributed by atoms with Gasteiger partial charge in [0, 0.05) is 0 Å². The van der Waals surface area contributed by atoms with Gasteiger partial charge in [-0.1, -0.05) is 0 Å². The standard InChI is InChI=1S/C7H10O7.H2O/c1-14-5(10)3-7(13,6(11)12)2-4(8)9;/h13H,2-3H2,1H3,(H,8,9)(H,11,12);1H2. The van der Waals surface area contributed by atoms with Crippen molar-refractivity contribution in [1.29, 1.82) is 0 Å². The van der Waals surface area contributed by atoms with Crippen molar-refractivity contribution in [1.82, 2.24) is 0 Å². The van der Waals surface area contributed by atoms with Gasteiger partial charge in [-0.15, -0.1) is 0 Å². The first kappa shape index (κ1) is 15.8. The van der Waals surface area contributed by atoms with Gasteiger partial charge in [0.2, 0.25) is 0 Å². The van der Waals surface area contributed by atoms with Crippen LogP contribution in [-0.2, 0) is 19.1 Å². The number of carbonyl (C=O) groups is 3. The normalized spacial score (nSPS) is 13.2. The summed E-state index contributed by atoms with van der Waals surface area (Å²) in [6.07, 6.45) is -1.96. The quantitative estimate of drug-likeness (QED) is 0.457. The summed E-state index contributed by atoms with van der Waals surface area (Å²) in [5, 5.41) is 26.1. The number of carbonyl (C=O) groups excluding carboxylic acids is 1. The largest absolute Gasteiger partial charge is 0.481 e. The van der Waals surface area contributed by atoms with E-state index in [-0.39, 0.29) is 5.48 Å². The highest BCUT2D eigenvalue weighted by atomic mass is 16.5. The average molecular weight is 224 g/mol. The Kier molecular flexibility index (Phi) is 6.25. The molecule has 15 heavy (non-hydrogen) atoms. The maximum atomic E-state index is 10.7. The van der Waals surface area contributed by atoms with Gasteiger partial charge >= 0.3 is 17.9 Å². The molecule has 0 aliphatic heterocycles. The molecule has 0 saturated heterocycles. The third kappa shape index (κ3) is 4.93. The summed E-state index contributed by atoms with van der Waals surface area (Å²) in [6, 6.07) is 0. The summed E-state index contributed by atoms with van der Waals surface area (Å²) in [7, 11) is 1.01. The summed E-state index contributed by atoms with van der Waals surface area (Å²) in [5.74, 6) is -4.28. The molecule has 0 aromatic carbocycles. The molecule has 8 nitrogen and oxygen atoms in total.